The number of benzene rings is 4. The molecule has 4 nitrogen and oxygen atoms in total. The molecular formula is C32H27N3O. The highest BCUT2D eigenvalue weighted by molar-refractivity contribution is 6.19. The maximum atomic E-state index is 10.2. The van der Waals surface area contributed by atoms with Crippen molar-refractivity contribution in [2.45, 2.75) is 18.4 Å². The van der Waals surface area contributed by atoms with Crippen molar-refractivity contribution in [2.75, 3.05) is 0 Å². The number of allylic oxidation sites excluding steroid dienone is 1. The summed E-state index contributed by atoms with van der Waals surface area (Å²) < 4.78 is 1.85. The second-order valence-electron chi connectivity index (χ2n) is 9.35. The topological polar surface area (TPSA) is 50.4 Å². The molecule has 0 bridgehead atoms. The molecule has 1 aliphatic rings. The molecule has 2 heterocycles. The second-order valence-corrected chi connectivity index (χ2v) is 9.35. The Labute approximate surface area is 210 Å². The van der Waals surface area contributed by atoms with Gasteiger partial charge in [-0.2, -0.15) is 5.10 Å². The van der Waals surface area contributed by atoms with Gasteiger partial charge in [0.25, 0.3) is 0 Å². The van der Waals surface area contributed by atoms with E-state index in [4.69, 9.17) is 10.1 Å². The minimum absolute atomic E-state index is 0.186. The van der Waals surface area contributed by atoms with Crippen molar-refractivity contribution < 1.29 is 5.11 Å². The summed E-state index contributed by atoms with van der Waals surface area (Å²) in [5.41, 5.74) is 6.73. The van der Waals surface area contributed by atoms with Crippen LogP contribution in [-0.4, -0.2) is 26.6 Å². The van der Waals surface area contributed by atoms with E-state index in [-0.39, 0.29) is 11.8 Å². The van der Waals surface area contributed by atoms with Crippen LogP contribution in [0.1, 0.15) is 29.3 Å². The summed E-state index contributed by atoms with van der Waals surface area (Å²) in [6.45, 7) is 2.11. The maximum Gasteiger partial charge on any atom is 0.119 e. The molecule has 1 aromatic heterocycles. The number of aromatic hydroxyl groups is 1. The van der Waals surface area contributed by atoms with E-state index in [1.165, 1.54) is 16.7 Å². The van der Waals surface area contributed by atoms with Gasteiger partial charge in [-0.25, -0.2) is 0 Å². The summed E-state index contributed by atoms with van der Waals surface area (Å²) in [6.07, 6.45) is 2.27. The summed E-state index contributed by atoms with van der Waals surface area (Å²) in [5.74, 6) is 0.223. The third-order valence-electron chi connectivity index (χ3n) is 7.24. The Morgan fingerprint density at radius 3 is 1.81 bits per heavy atom. The van der Waals surface area contributed by atoms with Crippen LogP contribution >= 0.6 is 0 Å². The Kier molecular flexibility index (Phi) is 5.30. The average Bonchev–Trinajstić information content (AvgIpc) is 3.45. The van der Waals surface area contributed by atoms with Crippen molar-refractivity contribution in [3.8, 4) is 5.75 Å². The Morgan fingerprint density at radius 2 is 1.28 bits per heavy atom. The van der Waals surface area contributed by atoms with E-state index in [0.29, 0.717) is 0 Å². The molecule has 0 saturated carbocycles. The van der Waals surface area contributed by atoms with E-state index >= 15 is 0 Å². The van der Waals surface area contributed by atoms with Gasteiger partial charge >= 0.3 is 0 Å². The van der Waals surface area contributed by atoms with Crippen LogP contribution in [0, 0.1) is 0 Å². The number of nitrogens with zero attached hydrogens (tertiary/aromatic N) is 3. The molecular weight excluding hydrogens is 442 g/mol. The highest BCUT2D eigenvalue weighted by atomic mass is 16.3. The van der Waals surface area contributed by atoms with E-state index in [2.05, 4.69) is 104 Å². The number of aryl methyl sites for hydroxylation is 1. The van der Waals surface area contributed by atoms with Gasteiger partial charge in [-0.15, -0.1) is 0 Å². The third-order valence-corrected chi connectivity index (χ3v) is 7.24. The number of phenols is 1. The molecule has 0 aliphatic carbocycles. The van der Waals surface area contributed by atoms with Crippen molar-refractivity contribution in [3.05, 3.63) is 143 Å². The van der Waals surface area contributed by atoms with Gasteiger partial charge in [-0.3, -0.25) is 9.67 Å². The second kappa shape index (κ2) is 8.65. The summed E-state index contributed by atoms with van der Waals surface area (Å²) >= 11 is 0. The first-order chi connectivity index (χ1) is 17.6. The summed E-state index contributed by atoms with van der Waals surface area (Å²) in [6, 6.07) is 37.1. The highest BCUT2D eigenvalue weighted by Crippen LogP contribution is 2.46. The molecule has 1 N–H and O–H groups in total. The standard InChI is InChI=1S/C32H27N3O/c1-22-20-29(33-30(22)31-27-21-26(36)18-19-28(27)35(2)34-31)32(23-12-6-3-7-13-23,24-14-8-4-9-15-24)25-16-10-5-11-17-25/h3-21,29,36H,1-2H3. The van der Waals surface area contributed by atoms with E-state index in [1.807, 2.05) is 17.8 Å². The van der Waals surface area contributed by atoms with Crippen LogP contribution in [0.3, 0.4) is 0 Å². The molecule has 0 spiro atoms. The van der Waals surface area contributed by atoms with Gasteiger partial charge in [0.05, 0.1) is 22.7 Å². The lowest BCUT2D eigenvalue weighted by atomic mass is 9.65. The minimum atomic E-state index is -0.528. The highest BCUT2D eigenvalue weighted by Gasteiger charge is 2.45. The number of hydrogen-bond donors (Lipinski definition) is 1. The smallest absolute Gasteiger partial charge is 0.119 e. The van der Waals surface area contributed by atoms with Crippen LogP contribution < -0.4 is 0 Å². The number of hydrogen-bond acceptors (Lipinski definition) is 3. The lowest BCUT2D eigenvalue weighted by molar-refractivity contribution is 0.476. The molecule has 0 radical (unpaired) electrons. The van der Waals surface area contributed by atoms with Gasteiger partial charge in [0, 0.05) is 12.4 Å². The fraction of sp³-hybridized carbons (Fsp3) is 0.125. The molecule has 5 aromatic rings. The largest absolute Gasteiger partial charge is 0.508 e. The number of phenolic OH excluding ortho intramolecular Hbond substituents is 1. The third kappa shape index (κ3) is 3.37. The number of fused-ring (bicyclic) bond motifs is 1. The number of aliphatic imine (C=N–C) groups is 1. The Morgan fingerprint density at radius 1 is 0.750 bits per heavy atom. The Hall–Kier alpha value is -4.44. The first kappa shape index (κ1) is 22.1. The molecule has 1 atom stereocenters. The lowest BCUT2D eigenvalue weighted by Gasteiger charge is -2.39. The zero-order valence-corrected chi connectivity index (χ0v) is 20.3. The van der Waals surface area contributed by atoms with E-state index in [9.17, 15) is 5.11 Å². The van der Waals surface area contributed by atoms with Crippen molar-refractivity contribution in [1.29, 1.82) is 0 Å². The van der Waals surface area contributed by atoms with Gasteiger partial charge in [-0.1, -0.05) is 97.1 Å². The molecule has 0 fully saturated rings. The minimum Gasteiger partial charge on any atom is -0.508 e. The van der Waals surface area contributed by atoms with Crippen molar-refractivity contribution in [1.82, 2.24) is 9.78 Å². The van der Waals surface area contributed by atoms with Gasteiger partial charge in [0.2, 0.25) is 0 Å². The molecule has 4 heteroatoms. The fourth-order valence-electron chi connectivity index (χ4n) is 5.61. The van der Waals surface area contributed by atoms with Crippen LogP contribution in [0.4, 0.5) is 0 Å². The Bertz CT molecular complexity index is 1500. The maximum absolute atomic E-state index is 10.2. The van der Waals surface area contributed by atoms with Crippen LogP contribution in [-0.2, 0) is 12.5 Å². The van der Waals surface area contributed by atoms with Gasteiger partial charge < -0.3 is 5.11 Å². The van der Waals surface area contributed by atoms with Gasteiger partial charge in [-0.05, 0) is 47.4 Å². The van der Waals surface area contributed by atoms with Gasteiger partial charge in [0.1, 0.15) is 11.4 Å². The van der Waals surface area contributed by atoms with Gasteiger partial charge in [0.15, 0.2) is 0 Å². The molecule has 1 aliphatic heterocycles. The predicted octanol–water partition coefficient (Wildman–Crippen LogP) is 6.43. The van der Waals surface area contributed by atoms with Crippen molar-refractivity contribution in [2.24, 2.45) is 12.0 Å². The fourth-order valence-corrected chi connectivity index (χ4v) is 5.61. The SMILES string of the molecule is CC1=CC(C(c2ccccc2)(c2ccccc2)c2ccccc2)N=C1c1nn(C)c2ccc(O)cc12. The van der Waals surface area contributed by atoms with E-state index < -0.39 is 5.41 Å². The monoisotopic (exact) mass is 469 g/mol. The van der Waals surface area contributed by atoms with Crippen LogP contribution in [0.15, 0.2) is 126 Å². The van der Waals surface area contributed by atoms with Crippen molar-refractivity contribution >= 4 is 16.6 Å². The molecule has 36 heavy (non-hydrogen) atoms. The van der Waals surface area contributed by atoms with Crippen molar-refractivity contribution in [3.63, 3.8) is 0 Å². The molecule has 4 aromatic carbocycles. The zero-order chi connectivity index (χ0) is 24.7. The molecule has 6 rings (SSSR count). The molecule has 0 saturated heterocycles. The first-order valence-electron chi connectivity index (χ1n) is 12.2. The molecule has 1 unspecified atom stereocenters. The summed E-state index contributed by atoms with van der Waals surface area (Å²) in [4.78, 5) is 5.40. The molecule has 176 valence electrons. The molecule has 0 amide bonds. The number of rotatable bonds is 5. The zero-order valence-electron chi connectivity index (χ0n) is 20.3. The number of aromatic nitrogens is 2. The average molecular weight is 470 g/mol. The first-order valence-corrected chi connectivity index (χ1v) is 12.2. The normalized spacial score (nSPS) is 15.7. The van der Waals surface area contributed by atoms with E-state index in [0.717, 1.165) is 27.9 Å². The summed E-state index contributed by atoms with van der Waals surface area (Å²) in [5, 5.41) is 15.9. The predicted molar refractivity (Wildman–Crippen MR) is 146 cm³/mol. The van der Waals surface area contributed by atoms with Crippen LogP contribution in [0.2, 0.25) is 0 Å². The Balaban J connectivity index is 1.63. The van der Waals surface area contributed by atoms with E-state index in [1.54, 1.807) is 12.1 Å². The summed E-state index contributed by atoms with van der Waals surface area (Å²) in [7, 11) is 1.93. The lowest BCUT2D eigenvalue weighted by Crippen LogP contribution is -2.39. The quantitative estimate of drug-likeness (QED) is 0.302. The van der Waals surface area contributed by atoms with Crippen LogP contribution in [0.25, 0.3) is 10.9 Å². The van der Waals surface area contributed by atoms with Crippen LogP contribution in [0.5, 0.6) is 5.75 Å².